The highest BCUT2D eigenvalue weighted by atomic mass is 35.5. The molecular weight excluding hydrogens is 424 g/mol. The lowest BCUT2D eigenvalue weighted by molar-refractivity contribution is -0.142. The van der Waals surface area contributed by atoms with Crippen molar-refractivity contribution in [3.05, 3.63) is 64.7 Å². The number of halogens is 1. The lowest BCUT2D eigenvalue weighted by atomic mass is 9.87. The van der Waals surface area contributed by atoms with Crippen molar-refractivity contribution in [3.8, 4) is 5.75 Å². The van der Waals surface area contributed by atoms with Crippen LogP contribution in [0.2, 0.25) is 5.02 Å². The Morgan fingerprint density at radius 1 is 1.03 bits per heavy atom. The van der Waals surface area contributed by atoms with Gasteiger partial charge in [-0.05, 0) is 47.6 Å². The summed E-state index contributed by atoms with van der Waals surface area (Å²) in [6.07, 6.45) is 0. The van der Waals surface area contributed by atoms with Crippen molar-refractivity contribution >= 4 is 23.4 Å². The highest BCUT2D eigenvalue weighted by Crippen LogP contribution is 2.24. The van der Waals surface area contributed by atoms with Crippen LogP contribution in [0.4, 0.5) is 0 Å². The van der Waals surface area contributed by atoms with Crippen molar-refractivity contribution < 1.29 is 14.3 Å². The summed E-state index contributed by atoms with van der Waals surface area (Å²) in [5, 5.41) is 3.46. The van der Waals surface area contributed by atoms with Crippen LogP contribution in [0.3, 0.4) is 0 Å². The van der Waals surface area contributed by atoms with Gasteiger partial charge in [0.1, 0.15) is 11.8 Å². The average molecular weight is 459 g/mol. The zero-order chi connectivity index (χ0) is 23.9. The highest BCUT2D eigenvalue weighted by Gasteiger charge is 2.27. The van der Waals surface area contributed by atoms with Crippen LogP contribution >= 0.6 is 11.6 Å². The van der Waals surface area contributed by atoms with Crippen LogP contribution in [0.1, 0.15) is 52.7 Å². The molecule has 0 bridgehead atoms. The Labute approximate surface area is 197 Å². The summed E-state index contributed by atoms with van der Waals surface area (Å²) in [5.74, 6) is 0.449. The molecule has 0 radical (unpaired) electrons. The molecule has 174 valence electrons. The van der Waals surface area contributed by atoms with E-state index in [9.17, 15) is 9.59 Å². The van der Waals surface area contributed by atoms with Crippen molar-refractivity contribution in [2.45, 2.75) is 59.5 Å². The lowest BCUT2D eigenvalue weighted by Crippen LogP contribution is -2.49. The summed E-state index contributed by atoms with van der Waals surface area (Å²) >= 11 is 6.31. The number of hydrogen-bond donors (Lipinski definition) is 1. The molecule has 2 rings (SSSR count). The van der Waals surface area contributed by atoms with Crippen LogP contribution < -0.4 is 10.1 Å². The third kappa shape index (κ3) is 7.56. The van der Waals surface area contributed by atoms with E-state index in [1.54, 1.807) is 13.0 Å². The minimum Gasteiger partial charge on any atom is -0.484 e. The van der Waals surface area contributed by atoms with Crippen molar-refractivity contribution in [2.75, 3.05) is 13.2 Å². The second-order valence-electron chi connectivity index (χ2n) is 9.49. The molecule has 1 N–H and O–H groups in total. The van der Waals surface area contributed by atoms with Crippen LogP contribution in [-0.4, -0.2) is 35.9 Å². The van der Waals surface area contributed by atoms with E-state index in [0.717, 1.165) is 5.56 Å². The molecule has 2 amide bonds. The Kier molecular flexibility index (Phi) is 9.14. The molecule has 0 fully saturated rings. The van der Waals surface area contributed by atoms with Crippen LogP contribution in [0.15, 0.2) is 48.5 Å². The maximum absolute atomic E-state index is 13.1. The SMILES string of the molecule is CC(C)CNC(=O)[C@H](C)N(Cc1ccccc1Cl)C(=O)COc1ccc(C(C)(C)C)cc1. The van der Waals surface area contributed by atoms with E-state index in [4.69, 9.17) is 16.3 Å². The molecule has 6 heteroatoms. The molecule has 2 aromatic rings. The number of hydrogen-bond acceptors (Lipinski definition) is 3. The lowest BCUT2D eigenvalue weighted by Gasteiger charge is -2.29. The van der Waals surface area contributed by atoms with E-state index in [-0.39, 0.29) is 30.4 Å². The minimum absolute atomic E-state index is 0.0406. The Balaban J connectivity index is 2.13. The first-order valence-electron chi connectivity index (χ1n) is 11.0. The number of nitrogens with zero attached hydrogens (tertiary/aromatic N) is 1. The van der Waals surface area contributed by atoms with Crippen LogP contribution in [0.25, 0.3) is 0 Å². The van der Waals surface area contributed by atoms with Gasteiger partial charge in [0, 0.05) is 18.1 Å². The van der Waals surface area contributed by atoms with Gasteiger partial charge in [0.25, 0.3) is 5.91 Å². The summed E-state index contributed by atoms with van der Waals surface area (Å²) in [4.78, 5) is 27.3. The molecule has 0 aromatic heterocycles. The zero-order valence-electron chi connectivity index (χ0n) is 19.9. The number of carbonyl (C=O) groups excluding carboxylic acids is 2. The summed E-state index contributed by atoms with van der Waals surface area (Å²) in [5.41, 5.74) is 2.01. The predicted molar refractivity (Wildman–Crippen MR) is 130 cm³/mol. The van der Waals surface area contributed by atoms with Crippen molar-refractivity contribution in [2.24, 2.45) is 5.92 Å². The second-order valence-corrected chi connectivity index (χ2v) is 9.90. The zero-order valence-corrected chi connectivity index (χ0v) is 20.7. The normalized spacial score (nSPS) is 12.4. The number of carbonyl (C=O) groups is 2. The van der Waals surface area contributed by atoms with Gasteiger partial charge in [-0.3, -0.25) is 9.59 Å². The van der Waals surface area contributed by atoms with Crippen LogP contribution in [0, 0.1) is 5.92 Å². The summed E-state index contributed by atoms with van der Waals surface area (Å²) in [7, 11) is 0. The molecule has 0 saturated heterocycles. The average Bonchev–Trinajstić information content (AvgIpc) is 2.74. The van der Waals surface area contributed by atoms with Gasteiger partial charge in [0.15, 0.2) is 6.61 Å². The quantitative estimate of drug-likeness (QED) is 0.561. The van der Waals surface area contributed by atoms with Gasteiger partial charge < -0.3 is 15.0 Å². The number of benzene rings is 2. The highest BCUT2D eigenvalue weighted by molar-refractivity contribution is 6.31. The molecule has 1 atom stereocenters. The Morgan fingerprint density at radius 2 is 1.66 bits per heavy atom. The van der Waals surface area contributed by atoms with Crippen LogP contribution in [0.5, 0.6) is 5.75 Å². The molecule has 0 heterocycles. The topological polar surface area (TPSA) is 58.6 Å². The van der Waals surface area contributed by atoms with E-state index in [1.807, 2.05) is 56.3 Å². The smallest absolute Gasteiger partial charge is 0.261 e. The van der Waals surface area contributed by atoms with Gasteiger partial charge in [0.2, 0.25) is 5.91 Å². The predicted octanol–water partition coefficient (Wildman–Crippen LogP) is 5.21. The third-order valence-corrected chi connectivity index (χ3v) is 5.60. The fourth-order valence-corrected chi connectivity index (χ4v) is 3.32. The first kappa shape index (κ1) is 25.7. The fraction of sp³-hybridized carbons (Fsp3) is 0.462. The summed E-state index contributed by atoms with van der Waals surface area (Å²) in [6.45, 7) is 12.8. The molecule has 0 aliphatic heterocycles. The first-order chi connectivity index (χ1) is 15.0. The van der Waals surface area contributed by atoms with Crippen molar-refractivity contribution in [1.82, 2.24) is 10.2 Å². The Morgan fingerprint density at radius 3 is 2.22 bits per heavy atom. The number of rotatable bonds is 9. The molecule has 0 unspecified atom stereocenters. The molecular formula is C26H35ClN2O3. The fourth-order valence-electron chi connectivity index (χ4n) is 3.12. The summed E-state index contributed by atoms with van der Waals surface area (Å²) < 4.78 is 5.76. The van der Waals surface area contributed by atoms with E-state index in [0.29, 0.717) is 23.2 Å². The monoisotopic (exact) mass is 458 g/mol. The maximum atomic E-state index is 13.1. The summed E-state index contributed by atoms with van der Waals surface area (Å²) in [6, 6.07) is 14.4. The number of amides is 2. The molecule has 0 aliphatic carbocycles. The second kappa shape index (κ2) is 11.4. The van der Waals surface area contributed by atoms with E-state index < -0.39 is 6.04 Å². The first-order valence-corrected chi connectivity index (χ1v) is 11.4. The van der Waals surface area contributed by atoms with Crippen molar-refractivity contribution in [1.29, 1.82) is 0 Å². The Hall–Kier alpha value is -2.53. The number of ether oxygens (including phenoxy) is 1. The van der Waals surface area contributed by atoms with Gasteiger partial charge in [0.05, 0.1) is 0 Å². The third-order valence-electron chi connectivity index (χ3n) is 5.23. The van der Waals surface area contributed by atoms with Gasteiger partial charge in [-0.2, -0.15) is 0 Å². The maximum Gasteiger partial charge on any atom is 0.261 e. The molecule has 0 aliphatic rings. The molecule has 0 spiro atoms. The Bertz CT molecular complexity index is 904. The molecule has 5 nitrogen and oxygen atoms in total. The molecule has 0 saturated carbocycles. The van der Waals surface area contributed by atoms with Gasteiger partial charge in [-0.1, -0.05) is 76.6 Å². The number of nitrogens with one attached hydrogen (secondary N) is 1. The van der Waals surface area contributed by atoms with E-state index in [2.05, 4.69) is 26.1 Å². The molecule has 2 aromatic carbocycles. The van der Waals surface area contributed by atoms with Crippen molar-refractivity contribution in [3.63, 3.8) is 0 Å². The van der Waals surface area contributed by atoms with E-state index >= 15 is 0 Å². The largest absolute Gasteiger partial charge is 0.484 e. The van der Waals surface area contributed by atoms with E-state index in [1.165, 1.54) is 10.5 Å². The molecule has 32 heavy (non-hydrogen) atoms. The minimum atomic E-state index is -0.663. The van der Waals surface area contributed by atoms with Gasteiger partial charge in [-0.25, -0.2) is 0 Å². The standard InChI is InChI=1S/C26H35ClN2O3/c1-18(2)15-28-25(31)19(3)29(16-20-9-7-8-10-23(20)27)24(30)17-32-22-13-11-21(12-14-22)26(4,5)6/h7-14,18-19H,15-17H2,1-6H3,(H,28,31)/t19-/m0/s1. The van der Waals surface area contributed by atoms with Gasteiger partial charge >= 0.3 is 0 Å². The van der Waals surface area contributed by atoms with Gasteiger partial charge in [-0.15, -0.1) is 0 Å². The van der Waals surface area contributed by atoms with Crippen LogP contribution in [-0.2, 0) is 21.5 Å².